The summed E-state index contributed by atoms with van der Waals surface area (Å²) in [5.41, 5.74) is 3.36. The fourth-order valence-corrected chi connectivity index (χ4v) is 4.37. The maximum Gasteiger partial charge on any atom is 0.274 e. The minimum Gasteiger partial charge on any atom is -0.332 e. The van der Waals surface area contributed by atoms with Gasteiger partial charge in [-0.3, -0.25) is 9.59 Å². The van der Waals surface area contributed by atoms with Crippen LogP contribution in [0.5, 0.6) is 0 Å². The molecule has 1 unspecified atom stereocenters. The first-order valence-electron chi connectivity index (χ1n) is 8.38. The second kappa shape index (κ2) is 5.56. The first kappa shape index (κ1) is 15.9. The van der Waals surface area contributed by atoms with Crippen LogP contribution in [0.1, 0.15) is 34.8 Å². The molecule has 1 aromatic heterocycles. The second-order valence-corrected chi connectivity index (χ2v) is 7.44. The molecule has 26 heavy (non-hydrogen) atoms. The molecule has 0 saturated carbocycles. The van der Waals surface area contributed by atoms with E-state index >= 15 is 0 Å². The van der Waals surface area contributed by atoms with Gasteiger partial charge in [0.05, 0.1) is 27.1 Å². The number of amides is 1. The van der Waals surface area contributed by atoms with Crippen molar-refractivity contribution in [1.82, 2.24) is 14.9 Å². The molecule has 1 amide bonds. The van der Waals surface area contributed by atoms with Gasteiger partial charge in [-0.15, -0.1) is 0 Å². The lowest BCUT2D eigenvalue weighted by Gasteiger charge is -2.16. The lowest BCUT2D eigenvalue weighted by atomic mass is 9.94. The number of benzene rings is 2. The fraction of sp³-hybridized carbons (Fsp3) is 0.211. The molecule has 3 aromatic rings. The number of rotatable bonds is 1. The Morgan fingerprint density at radius 3 is 2.73 bits per heavy atom. The van der Waals surface area contributed by atoms with Crippen LogP contribution in [-0.4, -0.2) is 27.3 Å². The number of hydrogen-bond acceptors (Lipinski definition) is 3. The zero-order chi connectivity index (χ0) is 18.0. The van der Waals surface area contributed by atoms with Crippen molar-refractivity contribution in [3.63, 3.8) is 0 Å². The van der Waals surface area contributed by atoms with Crippen LogP contribution in [0, 0.1) is 0 Å². The lowest BCUT2D eigenvalue weighted by molar-refractivity contribution is 0.0776. The molecule has 0 aliphatic carbocycles. The maximum atomic E-state index is 12.7. The monoisotopic (exact) mass is 385 g/mol. The van der Waals surface area contributed by atoms with Crippen LogP contribution in [0.15, 0.2) is 35.1 Å². The average Bonchev–Trinajstić information content (AvgIpc) is 3.19. The molecule has 0 spiro atoms. The van der Waals surface area contributed by atoms with Crippen molar-refractivity contribution < 1.29 is 4.79 Å². The largest absolute Gasteiger partial charge is 0.332 e. The highest BCUT2D eigenvalue weighted by atomic mass is 35.5. The van der Waals surface area contributed by atoms with Crippen molar-refractivity contribution in [3.8, 4) is 11.3 Å². The van der Waals surface area contributed by atoms with Crippen LogP contribution >= 0.6 is 23.2 Å². The molecule has 0 radical (unpaired) electrons. The molecular weight excluding hydrogens is 373 g/mol. The third kappa shape index (κ3) is 2.14. The molecular formula is C19H13Cl2N3O2. The molecule has 130 valence electrons. The van der Waals surface area contributed by atoms with Gasteiger partial charge in [-0.2, -0.15) is 0 Å². The SMILES string of the molecule is O=C1c2cccc(-c3nc4cc(Cl)c(Cl)cc4[nH]c3=O)c2C2CCCN12. The van der Waals surface area contributed by atoms with Crippen molar-refractivity contribution >= 4 is 40.1 Å². The molecule has 5 nitrogen and oxygen atoms in total. The third-order valence-electron chi connectivity index (χ3n) is 5.17. The standard InChI is InChI=1S/C19H13Cl2N3O2/c20-11-7-13-14(8-12(11)21)23-18(25)17(22-13)9-3-1-4-10-16(9)15-5-2-6-24(15)19(10)26/h1,3-4,7-8,15H,2,5-6H2,(H,23,25). The van der Waals surface area contributed by atoms with E-state index in [1.54, 1.807) is 18.2 Å². The Hall–Kier alpha value is -2.37. The summed E-state index contributed by atoms with van der Waals surface area (Å²) in [7, 11) is 0. The minimum absolute atomic E-state index is 0.0272. The van der Waals surface area contributed by atoms with Gasteiger partial charge in [0, 0.05) is 17.7 Å². The highest BCUT2D eigenvalue weighted by molar-refractivity contribution is 6.42. The second-order valence-electron chi connectivity index (χ2n) is 6.62. The van der Waals surface area contributed by atoms with Crippen molar-refractivity contribution in [1.29, 1.82) is 0 Å². The number of nitrogens with one attached hydrogen (secondary N) is 1. The smallest absolute Gasteiger partial charge is 0.274 e. The molecule has 2 aliphatic rings. The number of aromatic nitrogens is 2. The zero-order valence-corrected chi connectivity index (χ0v) is 15.1. The molecule has 2 aromatic carbocycles. The first-order chi connectivity index (χ1) is 12.5. The molecule has 2 aliphatic heterocycles. The van der Waals surface area contributed by atoms with E-state index in [4.69, 9.17) is 23.2 Å². The molecule has 0 bridgehead atoms. The van der Waals surface area contributed by atoms with Crippen LogP contribution in [0.3, 0.4) is 0 Å². The topological polar surface area (TPSA) is 66.1 Å². The van der Waals surface area contributed by atoms with Gasteiger partial charge in [0.1, 0.15) is 5.69 Å². The van der Waals surface area contributed by atoms with Crippen LogP contribution in [0.25, 0.3) is 22.3 Å². The van der Waals surface area contributed by atoms with Crippen molar-refractivity contribution in [3.05, 3.63) is 61.9 Å². The van der Waals surface area contributed by atoms with Crippen molar-refractivity contribution in [2.24, 2.45) is 0 Å². The van der Waals surface area contributed by atoms with E-state index in [0.717, 1.165) is 24.9 Å². The molecule has 1 atom stereocenters. The summed E-state index contributed by atoms with van der Waals surface area (Å²) in [6.07, 6.45) is 1.88. The summed E-state index contributed by atoms with van der Waals surface area (Å²) in [4.78, 5) is 34.6. The molecule has 7 heteroatoms. The highest BCUT2D eigenvalue weighted by Crippen LogP contribution is 2.44. The van der Waals surface area contributed by atoms with E-state index in [9.17, 15) is 9.59 Å². The Morgan fingerprint density at radius 1 is 1.12 bits per heavy atom. The predicted molar refractivity (Wildman–Crippen MR) is 101 cm³/mol. The number of aromatic amines is 1. The zero-order valence-electron chi connectivity index (χ0n) is 13.6. The number of H-pyrrole nitrogens is 1. The van der Waals surface area contributed by atoms with Crippen molar-refractivity contribution in [2.75, 3.05) is 6.54 Å². The normalized spacial score (nSPS) is 18.5. The van der Waals surface area contributed by atoms with Gasteiger partial charge in [0.25, 0.3) is 11.5 Å². The number of nitrogens with zero attached hydrogens (tertiary/aromatic N) is 2. The summed E-state index contributed by atoms with van der Waals surface area (Å²) in [5, 5.41) is 0.734. The highest BCUT2D eigenvalue weighted by Gasteiger charge is 2.41. The van der Waals surface area contributed by atoms with Crippen LogP contribution in [0.2, 0.25) is 10.0 Å². The number of carbonyl (C=O) groups excluding carboxylic acids is 1. The fourth-order valence-electron chi connectivity index (χ4n) is 4.05. The summed E-state index contributed by atoms with van der Waals surface area (Å²) in [6, 6.07) is 8.73. The Labute approximate surface area is 158 Å². The van der Waals surface area contributed by atoms with Crippen LogP contribution in [0.4, 0.5) is 0 Å². The molecule has 3 heterocycles. The van der Waals surface area contributed by atoms with Gasteiger partial charge in [-0.25, -0.2) is 4.98 Å². The third-order valence-corrected chi connectivity index (χ3v) is 5.89. The Kier molecular flexibility index (Phi) is 3.39. The van der Waals surface area contributed by atoms with Gasteiger partial charge in [-0.1, -0.05) is 35.3 Å². The van der Waals surface area contributed by atoms with E-state index in [0.29, 0.717) is 37.9 Å². The summed E-state index contributed by atoms with van der Waals surface area (Å²) < 4.78 is 0. The van der Waals surface area contributed by atoms with Gasteiger partial charge in [0.15, 0.2) is 0 Å². The predicted octanol–water partition coefficient (Wildman–Crippen LogP) is 4.19. The summed E-state index contributed by atoms with van der Waals surface area (Å²) >= 11 is 12.1. The number of carbonyl (C=O) groups is 1. The first-order valence-corrected chi connectivity index (χ1v) is 9.13. The minimum atomic E-state index is -0.312. The van der Waals surface area contributed by atoms with Crippen molar-refractivity contribution in [2.45, 2.75) is 18.9 Å². The number of halogens is 2. The van der Waals surface area contributed by atoms with Gasteiger partial charge < -0.3 is 9.88 Å². The molecule has 1 fully saturated rings. The van der Waals surface area contributed by atoms with Crippen LogP contribution in [-0.2, 0) is 0 Å². The van der Waals surface area contributed by atoms with Gasteiger partial charge >= 0.3 is 0 Å². The number of fused-ring (bicyclic) bond motifs is 4. The van der Waals surface area contributed by atoms with Crippen LogP contribution < -0.4 is 5.56 Å². The van der Waals surface area contributed by atoms with E-state index < -0.39 is 0 Å². The molecule has 5 rings (SSSR count). The number of hydrogen-bond donors (Lipinski definition) is 1. The summed E-state index contributed by atoms with van der Waals surface area (Å²) in [5.74, 6) is 0.0383. The lowest BCUT2D eigenvalue weighted by Crippen LogP contribution is -2.22. The van der Waals surface area contributed by atoms with E-state index in [2.05, 4.69) is 9.97 Å². The van der Waals surface area contributed by atoms with E-state index in [-0.39, 0.29) is 17.5 Å². The van der Waals surface area contributed by atoms with Gasteiger partial charge in [-0.05, 0) is 36.6 Å². The summed E-state index contributed by atoms with van der Waals surface area (Å²) in [6.45, 7) is 0.757. The maximum absolute atomic E-state index is 12.7. The Morgan fingerprint density at radius 2 is 1.88 bits per heavy atom. The average molecular weight is 386 g/mol. The Balaban J connectivity index is 1.78. The molecule has 1 N–H and O–H groups in total. The molecule has 1 saturated heterocycles. The van der Waals surface area contributed by atoms with E-state index in [1.807, 2.05) is 17.0 Å². The quantitative estimate of drug-likeness (QED) is 0.682. The Bertz CT molecular complexity index is 1160. The van der Waals surface area contributed by atoms with E-state index in [1.165, 1.54) is 0 Å². The van der Waals surface area contributed by atoms with Gasteiger partial charge in [0.2, 0.25) is 0 Å².